The van der Waals surface area contributed by atoms with Gasteiger partial charge in [0.25, 0.3) is 0 Å². The molecule has 8 heteroatoms. The summed E-state index contributed by atoms with van der Waals surface area (Å²) >= 11 is 0. The predicted molar refractivity (Wildman–Crippen MR) is 113 cm³/mol. The Hall–Kier alpha value is -3.42. The molecule has 0 atom stereocenters. The Morgan fingerprint density at radius 3 is 2.48 bits per heavy atom. The van der Waals surface area contributed by atoms with Crippen LogP contribution in [0.25, 0.3) is 11.3 Å². The Labute approximate surface area is 178 Å². The summed E-state index contributed by atoms with van der Waals surface area (Å²) in [5, 5.41) is 2.88. The van der Waals surface area contributed by atoms with E-state index in [-0.39, 0.29) is 6.03 Å². The van der Waals surface area contributed by atoms with Crippen molar-refractivity contribution in [2.45, 2.75) is 32.9 Å². The van der Waals surface area contributed by atoms with E-state index in [4.69, 9.17) is 0 Å². The lowest BCUT2D eigenvalue weighted by Crippen LogP contribution is -2.39. The van der Waals surface area contributed by atoms with Gasteiger partial charge in [0.1, 0.15) is 5.82 Å². The van der Waals surface area contributed by atoms with Crippen molar-refractivity contribution < 1.29 is 18.0 Å². The van der Waals surface area contributed by atoms with E-state index in [1.54, 1.807) is 29.2 Å². The second-order valence-electron chi connectivity index (χ2n) is 7.58. The monoisotopic (exact) mass is 426 g/mol. The number of halogens is 3. The molecule has 0 unspecified atom stereocenters. The van der Waals surface area contributed by atoms with Gasteiger partial charge in [-0.3, -0.25) is 9.88 Å². The highest BCUT2D eigenvalue weighted by Gasteiger charge is 2.31. The number of carbonyl (C=O) groups excluding carboxylic acids is 1. The summed E-state index contributed by atoms with van der Waals surface area (Å²) in [6.07, 6.45) is -2.90. The Bertz CT molecular complexity index is 1120. The van der Waals surface area contributed by atoms with Gasteiger partial charge in [-0.15, -0.1) is 0 Å². The smallest absolute Gasteiger partial charge is 0.307 e. The van der Waals surface area contributed by atoms with Crippen molar-refractivity contribution >= 4 is 17.5 Å². The molecule has 0 saturated heterocycles. The largest absolute Gasteiger partial charge is 0.416 e. The third-order valence-corrected chi connectivity index (χ3v) is 5.10. The molecular formula is C23H21F3N4O. The van der Waals surface area contributed by atoms with Gasteiger partial charge in [0, 0.05) is 29.2 Å². The fourth-order valence-electron chi connectivity index (χ4n) is 3.75. The highest BCUT2D eigenvalue weighted by Crippen LogP contribution is 2.33. The van der Waals surface area contributed by atoms with Gasteiger partial charge < -0.3 is 5.32 Å². The molecule has 4 rings (SSSR count). The van der Waals surface area contributed by atoms with E-state index in [2.05, 4.69) is 15.3 Å². The first kappa shape index (κ1) is 20.8. The Balaban J connectivity index is 1.66. The number of aryl methyl sites for hydroxylation is 3. The minimum atomic E-state index is -4.43. The maximum absolute atomic E-state index is 13.1. The molecule has 31 heavy (non-hydrogen) atoms. The standard InChI is InChI=1S/C23H21F3N4O/c1-14-11-19(12-15(2)27-14)28-22(31)30-10-4-6-16-8-9-20(29-21(16)30)17-5-3-7-18(13-17)23(24,25)26/h3,5,7-9,11-13H,4,6,10H2,1-2H3,(H,27,28,31). The van der Waals surface area contributed by atoms with E-state index in [1.807, 2.05) is 19.9 Å². The molecule has 5 nitrogen and oxygen atoms in total. The summed E-state index contributed by atoms with van der Waals surface area (Å²) in [7, 11) is 0. The van der Waals surface area contributed by atoms with Crippen molar-refractivity contribution in [1.82, 2.24) is 9.97 Å². The molecule has 3 heterocycles. The number of amides is 2. The third kappa shape index (κ3) is 4.52. The zero-order chi connectivity index (χ0) is 22.2. The number of hydrogen-bond donors (Lipinski definition) is 1. The van der Waals surface area contributed by atoms with Crippen LogP contribution in [0.5, 0.6) is 0 Å². The molecule has 0 aliphatic carbocycles. The topological polar surface area (TPSA) is 58.1 Å². The van der Waals surface area contributed by atoms with Crippen molar-refractivity contribution in [3.63, 3.8) is 0 Å². The van der Waals surface area contributed by atoms with E-state index in [0.29, 0.717) is 29.3 Å². The van der Waals surface area contributed by atoms with Crippen molar-refractivity contribution in [2.24, 2.45) is 0 Å². The third-order valence-electron chi connectivity index (χ3n) is 5.10. The predicted octanol–water partition coefficient (Wildman–Crippen LogP) is 5.76. The second-order valence-corrected chi connectivity index (χ2v) is 7.58. The number of anilines is 2. The van der Waals surface area contributed by atoms with Crippen LogP contribution in [0.3, 0.4) is 0 Å². The van der Waals surface area contributed by atoms with Gasteiger partial charge in [-0.05, 0) is 62.6 Å². The minimum Gasteiger partial charge on any atom is -0.307 e. The van der Waals surface area contributed by atoms with E-state index < -0.39 is 11.7 Å². The molecule has 1 aromatic carbocycles. The minimum absolute atomic E-state index is 0.334. The fourth-order valence-corrected chi connectivity index (χ4v) is 3.75. The molecular weight excluding hydrogens is 405 g/mol. The van der Waals surface area contributed by atoms with Crippen LogP contribution < -0.4 is 10.2 Å². The molecule has 0 bridgehead atoms. The Morgan fingerprint density at radius 2 is 1.77 bits per heavy atom. The highest BCUT2D eigenvalue weighted by molar-refractivity contribution is 6.02. The SMILES string of the molecule is Cc1cc(NC(=O)N2CCCc3ccc(-c4cccc(C(F)(F)F)c4)nc32)cc(C)n1. The lowest BCUT2D eigenvalue weighted by molar-refractivity contribution is -0.137. The van der Waals surface area contributed by atoms with E-state index in [9.17, 15) is 18.0 Å². The van der Waals surface area contributed by atoms with Gasteiger partial charge in [0.05, 0.1) is 11.3 Å². The number of fused-ring (bicyclic) bond motifs is 1. The zero-order valence-corrected chi connectivity index (χ0v) is 17.1. The fraction of sp³-hybridized carbons (Fsp3) is 0.261. The van der Waals surface area contributed by atoms with Crippen LogP contribution in [-0.4, -0.2) is 22.5 Å². The summed E-state index contributed by atoms with van der Waals surface area (Å²) in [6, 6.07) is 11.8. The van der Waals surface area contributed by atoms with Gasteiger partial charge in [0.15, 0.2) is 0 Å². The van der Waals surface area contributed by atoms with Gasteiger partial charge in [-0.2, -0.15) is 13.2 Å². The molecule has 2 aromatic heterocycles. The number of urea groups is 1. The average molecular weight is 426 g/mol. The van der Waals surface area contributed by atoms with Crippen LogP contribution in [0.2, 0.25) is 0 Å². The first-order chi connectivity index (χ1) is 14.7. The molecule has 1 aliphatic rings. The number of pyridine rings is 2. The highest BCUT2D eigenvalue weighted by atomic mass is 19.4. The lowest BCUT2D eigenvalue weighted by Gasteiger charge is -2.29. The zero-order valence-electron chi connectivity index (χ0n) is 17.1. The molecule has 0 saturated carbocycles. The van der Waals surface area contributed by atoms with Crippen molar-refractivity contribution in [3.8, 4) is 11.3 Å². The van der Waals surface area contributed by atoms with Crippen molar-refractivity contribution in [3.05, 3.63) is 71.0 Å². The van der Waals surface area contributed by atoms with Gasteiger partial charge in [-0.25, -0.2) is 9.78 Å². The molecule has 3 aromatic rings. The maximum atomic E-state index is 13.1. The quantitative estimate of drug-likeness (QED) is 0.567. The number of nitrogens with one attached hydrogen (secondary N) is 1. The van der Waals surface area contributed by atoms with Gasteiger partial charge in [0.2, 0.25) is 0 Å². The van der Waals surface area contributed by atoms with Gasteiger partial charge >= 0.3 is 12.2 Å². The number of hydrogen-bond acceptors (Lipinski definition) is 3. The van der Waals surface area contributed by atoms with Crippen LogP contribution in [-0.2, 0) is 12.6 Å². The van der Waals surface area contributed by atoms with Crippen LogP contribution in [0.15, 0.2) is 48.5 Å². The Morgan fingerprint density at radius 1 is 1.03 bits per heavy atom. The Kier molecular flexibility index (Phi) is 5.39. The first-order valence-electron chi connectivity index (χ1n) is 9.92. The molecule has 160 valence electrons. The van der Waals surface area contributed by atoms with E-state index in [0.717, 1.165) is 41.9 Å². The molecule has 2 amide bonds. The molecule has 1 N–H and O–H groups in total. The van der Waals surface area contributed by atoms with Crippen LogP contribution in [0.1, 0.15) is 28.9 Å². The van der Waals surface area contributed by atoms with Gasteiger partial charge in [-0.1, -0.05) is 18.2 Å². The number of alkyl halides is 3. The van der Waals surface area contributed by atoms with Crippen LogP contribution in [0.4, 0.5) is 29.5 Å². The number of nitrogens with zero attached hydrogens (tertiary/aromatic N) is 3. The molecule has 0 radical (unpaired) electrons. The number of benzene rings is 1. The number of carbonyl (C=O) groups is 1. The molecule has 0 spiro atoms. The summed E-state index contributed by atoms with van der Waals surface area (Å²) in [5.74, 6) is 0.473. The van der Waals surface area contributed by atoms with Crippen LogP contribution in [0, 0.1) is 13.8 Å². The first-order valence-corrected chi connectivity index (χ1v) is 9.92. The van der Waals surface area contributed by atoms with Crippen LogP contribution >= 0.6 is 0 Å². The van der Waals surface area contributed by atoms with Crippen molar-refractivity contribution in [1.29, 1.82) is 0 Å². The van der Waals surface area contributed by atoms with Crippen molar-refractivity contribution in [2.75, 3.05) is 16.8 Å². The molecule has 1 aliphatic heterocycles. The summed E-state index contributed by atoms with van der Waals surface area (Å²) < 4.78 is 39.3. The number of rotatable bonds is 2. The normalized spacial score (nSPS) is 13.6. The summed E-state index contributed by atoms with van der Waals surface area (Å²) in [5.41, 5.74) is 3.11. The maximum Gasteiger partial charge on any atom is 0.416 e. The summed E-state index contributed by atoms with van der Waals surface area (Å²) in [6.45, 7) is 4.17. The van der Waals surface area contributed by atoms with E-state index >= 15 is 0 Å². The molecule has 0 fully saturated rings. The summed E-state index contributed by atoms with van der Waals surface area (Å²) in [4.78, 5) is 23.4. The average Bonchev–Trinajstić information content (AvgIpc) is 2.71. The number of aromatic nitrogens is 2. The second kappa shape index (κ2) is 8.02. The van der Waals surface area contributed by atoms with E-state index in [1.165, 1.54) is 6.07 Å². The lowest BCUT2D eigenvalue weighted by atomic mass is 10.0.